The van der Waals surface area contributed by atoms with Gasteiger partial charge in [-0.3, -0.25) is 4.79 Å². The third-order valence-corrected chi connectivity index (χ3v) is 3.49. The van der Waals surface area contributed by atoms with Crippen molar-refractivity contribution in [3.8, 4) is 0 Å². The number of anilines is 1. The average Bonchev–Trinajstić information content (AvgIpc) is 2.49. The van der Waals surface area contributed by atoms with Crippen LogP contribution in [0.15, 0.2) is 48.5 Å². The number of hydrogen-bond acceptors (Lipinski definition) is 2. The number of carbonyl (C=O) groups excluding carboxylic acids is 1. The van der Waals surface area contributed by atoms with Gasteiger partial charge in [0.25, 0.3) is 5.91 Å². The number of benzene rings is 2. The SMILES string of the molecule is CCCN(Cc1ccccc1)C(=O)c1cc(N)ccc1C.Cl. The summed E-state index contributed by atoms with van der Waals surface area (Å²) in [6.45, 7) is 5.39. The Morgan fingerprint density at radius 3 is 2.45 bits per heavy atom. The number of nitrogens with zero attached hydrogens (tertiary/aromatic N) is 1. The molecule has 0 saturated heterocycles. The van der Waals surface area contributed by atoms with E-state index in [9.17, 15) is 4.79 Å². The largest absolute Gasteiger partial charge is 0.399 e. The van der Waals surface area contributed by atoms with Gasteiger partial charge in [-0.1, -0.05) is 43.3 Å². The molecule has 1 amide bonds. The van der Waals surface area contributed by atoms with Crippen molar-refractivity contribution >= 4 is 24.0 Å². The Morgan fingerprint density at radius 1 is 1.14 bits per heavy atom. The number of aryl methyl sites for hydroxylation is 1. The highest BCUT2D eigenvalue weighted by Crippen LogP contribution is 2.17. The van der Waals surface area contributed by atoms with Crippen molar-refractivity contribution in [1.82, 2.24) is 4.90 Å². The van der Waals surface area contributed by atoms with Crippen LogP contribution in [-0.2, 0) is 6.54 Å². The van der Waals surface area contributed by atoms with Crippen LogP contribution in [0.3, 0.4) is 0 Å². The zero-order chi connectivity index (χ0) is 15.2. The summed E-state index contributed by atoms with van der Waals surface area (Å²) in [5.74, 6) is 0.0468. The van der Waals surface area contributed by atoms with Crippen molar-refractivity contribution in [2.24, 2.45) is 0 Å². The number of amides is 1. The summed E-state index contributed by atoms with van der Waals surface area (Å²) in [6, 6.07) is 15.6. The van der Waals surface area contributed by atoms with Crippen LogP contribution < -0.4 is 5.73 Å². The van der Waals surface area contributed by atoms with Crippen LogP contribution in [0.5, 0.6) is 0 Å². The first-order valence-electron chi connectivity index (χ1n) is 7.31. The van der Waals surface area contributed by atoms with Crippen molar-refractivity contribution in [3.05, 3.63) is 65.2 Å². The topological polar surface area (TPSA) is 46.3 Å². The molecular formula is C18H23ClN2O. The standard InChI is InChI=1S/C18H22N2O.ClH/c1-3-11-20(13-15-7-5-4-6-8-15)18(21)17-12-16(19)10-9-14(17)2;/h4-10,12H,3,11,13,19H2,1-2H3;1H. The molecule has 2 rings (SSSR count). The number of nitrogen functional groups attached to an aromatic ring is 1. The summed E-state index contributed by atoms with van der Waals surface area (Å²) in [7, 11) is 0. The summed E-state index contributed by atoms with van der Waals surface area (Å²) in [5.41, 5.74) is 9.24. The van der Waals surface area contributed by atoms with E-state index in [1.807, 2.05) is 54.3 Å². The second-order valence-electron chi connectivity index (χ2n) is 5.29. The van der Waals surface area contributed by atoms with Crippen molar-refractivity contribution in [3.63, 3.8) is 0 Å². The summed E-state index contributed by atoms with van der Waals surface area (Å²) in [6.07, 6.45) is 0.930. The lowest BCUT2D eigenvalue weighted by Gasteiger charge is -2.23. The highest BCUT2D eigenvalue weighted by Gasteiger charge is 2.17. The minimum absolute atomic E-state index is 0. The van der Waals surface area contributed by atoms with E-state index >= 15 is 0 Å². The van der Waals surface area contributed by atoms with Crippen molar-refractivity contribution in [2.75, 3.05) is 12.3 Å². The third-order valence-electron chi connectivity index (χ3n) is 3.49. The number of carbonyl (C=O) groups is 1. The predicted octanol–water partition coefficient (Wildman–Crippen LogP) is 4.05. The van der Waals surface area contributed by atoms with Gasteiger partial charge in [0, 0.05) is 24.3 Å². The van der Waals surface area contributed by atoms with Crippen molar-refractivity contribution in [1.29, 1.82) is 0 Å². The van der Waals surface area contributed by atoms with Crippen LogP contribution in [0, 0.1) is 6.92 Å². The number of rotatable bonds is 5. The lowest BCUT2D eigenvalue weighted by atomic mass is 10.1. The molecule has 0 aromatic heterocycles. The maximum absolute atomic E-state index is 12.8. The fraction of sp³-hybridized carbons (Fsp3) is 0.278. The molecule has 22 heavy (non-hydrogen) atoms. The van der Waals surface area contributed by atoms with Gasteiger partial charge in [-0.05, 0) is 36.6 Å². The van der Waals surface area contributed by atoms with E-state index in [1.165, 1.54) is 0 Å². The summed E-state index contributed by atoms with van der Waals surface area (Å²) in [5, 5.41) is 0. The molecule has 0 unspecified atom stereocenters. The van der Waals surface area contributed by atoms with Gasteiger partial charge in [0.2, 0.25) is 0 Å². The molecule has 0 aliphatic carbocycles. The van der Waals surface area contributed by atoms with Crippen LogP contribution in [0.1, 0.15) is 34.8 Å². The van der Waals surface area contributed by atoms with E-state index in [1.54, 1.807) is 6.07 Å². The van der Waals surface area contributed by atoms with E-state index in [2.05, 4.69) is 6.92 Å². The molecule has 2 aromatic carbocycles. The van der Waals surface area contributed by atoms with Crippen LogP contribution >= 0.6 is 12.4 Å². The Kier molecular flexibility index (Phi) is 6.93. The third kappa shape index (κ3) is 4.50. The zero-order valence-electron chi connectivity index (χ0n) is 13.1. The highest BCUT2D eigenvalue weighted by atomic mass is 35.5. The Labute approximate surface area is 138 Å². The summed E-state index contributed by atoms with van der Waals surface area (Å²) >= 11 is 0. The average molecular weight is 319 g/mol. The normalized spacial score (nSPS) is 9.91. The second-order valence-corrected chi connectivity index (χ2v) is 5.29. The molecule has 0 aliphatic heterocycles. The lowest BCUT2D eigenvalue weighted by Crippen LogP contribution is -2.31. The van der Waals surface area contributed by atoms with Crippen LogP contribution in [-0.4, -0.2) is 17.4 Å². The highest BCUT2D eigenvalue weighted by molar-refractivity contribution is 5.96. The first-order valence-corrected chi connectivity index (χ1v) is 7.31. The van der Waals surface area contributed by atoms with E-state index in [4.69, 9.17) is 5.73 Å². The van der Waals surface area contributed by atoms with Gasteiger partial charge in [0.1, 0.15) is 0 Å². The molecule has 118 valence electrons. The molecule has 0 spiro atoms. The molecule has 2 N–H and O–H groups in total. The smallest absolute Gasteiger partial charge is 0.254 e. The predicted molar refractivity (Wildman–Crippen MR) is 94.3 cm³/mol. The van der Waals surface area contributed by atoms with Gasteiger partial charge >= 0.3 is 0 Å². The molecular weight excluding hydrogens is 296 g/mol. The first kappa shape index (κ1) is 18.1. The van der Waals surface area contributed by atoms with Crippen LogP contribution in [0.2, 0.25) is 0 Å². The van der Waals surface area contributed by atoms with Gasteiger partial charge in [-0.25, -0.2) is 0 Å². The minimum Gasteiger partial charge on any atom is -0.399 e. The fourth-order valence-corrected chi connectivity index (χ4v) is 2.37. The molecule has 4 heteroatoms. The molecule has 0 saturated carbocycles. The number of halogens is 1. The fourth-order valence-electron chi connectivity index (χ4n) is 2.37. The maximum atomic E-state index is 12.8. The van der Waals surface area contributed by atoms with Crippen LogP contribution in [0.4, 0.5) is 5.69 Å². The van der Waals surface area contributed by atoms with Crippen molar-refractivity contribution < 1.29 is 4.79 Å². The van der Waals surface area contributed by atoms with Crippen molar-refractivity contribution in [2.45, 2.75) is 26.8 Å². The number of hydrogen-bond donors (Lipinski definition) is 1. The van der Waals surface area contributed by atoms with Gasteiger partial charge in [-0.2, -0.15) is 0 Å². The van der Waals surface area contributed by atoms with Crippen LogP contribution in [0.25, 0.3) is 0 Å². The van der Waals surface area contributed by atoms with Gasteiger partial charge in [-0.15, -0.1) is 12.4 Å². The molecule has 0 bridgehead atoms. The molecule has 0 aliphatic rings. The second kappa shape index (κ2) is 8.44. The number of nitrogens with two attached hydrogens (primary N) is 1. The summed E-state index contributed by atoms with van der Waals surface area (Å²) in [4.78, 5) is 14.7. The van der Waals surface area contributed by atoms with E-state index in [0.717, 1.165) is 24.1 Å². The Morgan fingerprint density at radius 2 is 1.82 bits per heavy atom. The summed E-state index contributed by atoms with van der Waals surface area (Å²) < 4.78 is 0. The van der Waals surface area contributed by atoms with Gasteiger partial charge in [0.15, 0.2) is 0 Å². The lowest BCUT2D eigenvalue weighted by molar-refractivity contribution is 0.0742. The Balaban J connectivity index is 0.00000242. The maximum Gasteiger partial charge on any atom is 0.254 e. The molecule has 0 fully saturated rings. The minimum atomic E-state index is 0. The zero-order valence-corrected chi connectivity index (χ0v) is 13.9. The van der Waals surface area contributed by atoms with Gasteiger partial charge in [0.05, 0.1) is 0 Å². The molecule has 0 atom stereocenters. The molecule has 3 nitrogen and oxygen atoms in total. The van der Waals surface area contributed by atoms with E-state index in [0.29, 0.717) is 17.8 Å². The van der Waals surface area contributed by atoms with Gasteiger partial charge < -0.3 is 10.6 Å². The quantitative estimate of drug-likeness (QED) is 0.845. The first-order chi connectivity index (χ1) is 10.1. The monoisotopic (exact) mass is 318 g/mol. The Bertz CT molecular complexity index is 614. The molecule has 2 aromatic rings. The van der Waals surface area contributed by atoms with E-state index in [-0.39, 0.29) is 18.3 Å². The van der Waals surface area contributed by atoms with E-state index < -0.39 is 0 Å². The molecule has 0 radical (unpaired) electrons. The molecule has 0 heterocycles. The Hall–Kier alpha value is -2.00.